The molecule has 104 valence electrons. The third-order valence-corrected chi connectivity index (χ3v) is 3.86. The molecule has 0 amide bonds. The first kappa shape index (κ1) is 14.8. The van der Waals surface area contributed by atoms with E-state index >= 15 is 0 Å². The van der Waals surface area contributed by atoms with Crippen LogP contribution in [-0.4, -0.2) is 4.92 Å². The Balaban J connectivity index is 2.32. The zero-order valence-electron chi connectivity index (χ0n) is 10.6. The van der Waals surface area contributed by atoms with Crippen LogP contribution < -0.4 is 5.32 Å². The van der Waals surface area contributed by atoms with Crippen molar-refractivity contribution in [3.63, 3.8) is 0 Å². The van der Waals surface area contributed by atoms with Crippen LogP contribution in [0.5, 0.6) is 0 Å². The molecule has 0 radical (unpaired) electrons. The normalized spacial score (nSPS) is 11.9. The molecule has 1 N–H and O–H groups in total. The number of nitrogens with one attached hydrogen (secondary N) is 1. The zero-order valence-corrected chi connectivity index (χ0v) is 13.0. The zero-order chi connectivity index (χ0) is 14.7. The Morgan fingerprint density at radius 1 is 1.30 bits per heavy atom. The molecule has 0 aromatic heterocycles. The van der Waals surface area contributed by atoms with Crippen LogP contribution in [0.15, 0.2) is 46.9 Å². The average molecular weight is 356 g/mol. The van der Waals surface area contributed by atoms with E-state index in [1.807, 2.05) is 31.2 Å². The SMILES string of the molecule is CC(Nc1cc(Cl)ccc1[N+](=O)[O-])c1ccccc1Br. The number of nitrogens with zero attached hydrogens (tertiary/aromatic N) is 1. The van der Waals surface area contributed by atoms with Crippen molar-refractivity contribution >= 4 is 38.9 Å². The highest BCUT2D eigenvalue weighted by Crippen LogP contribution is 2.32. The van der Waals surface area contributed by atoms with Crippen LogP contribution in [0.3, 0.4) is 0 Å². The van der Waals surface area contributed by atoms with Crippen molar-refractivity contribution in [2.75, 3.05) is 5.32 Å². The molecule has 20 heavy (non-hydrogen) atoms. The van der Waals surface area contributed by atoms with E-state index in [0.29, 0.717) is 10.7 Å². The maximum atomic E-state index is 11.0. The standard InChI is InChI=1S/C14H12BrClN2O2/c1-9(11-4-2-3-5-12(11)15)17-13-8-10(16)6-7-14(13)18(19)20/h2-9,17H,1H3. The van der Waals surface area contributed by atoms with Gasteiger partial charge in [0, 0.05) is 21.6 Å². The summed E-state index contributed by atoms with van der Waals surface area (Å²) in [7, 11) is 0. The van der Waals surface area contributed by atoms with Gasteiger partial charge in [-0.15, -0.1) is 0 Å². The summed E-state index contributed by atoms with van der Waals surface area (Å²) < 4.78 is 0.949. The fraction of sp³-hybridized carbons (Fsp3) is 0.143. The third kappa shape index (κ3) is 3.29. The summed E-state index contributed by atoms with van der Waals surface area (Å²) in [6, 6.07) is 12.1. The monoisotopic (exact) mass is 354 g/mol. The second-order valence-electron chi connectivity index (χ2n) is 4.31. The Morgan fingerprint density at radius 2 is 2.00 bits per heavy atom. The minimum absolute atomic E-state index is 0.00769. The summed E-state index contributed by atoms with van der Waals surface area (Å²) in [5.74, 6) is 0. The molecule has 4 nitrogen and oxygen atoms in total. The van der Waals surface area contributed by atoms with E-state index in [0.717, 1.165) is 10.0 Å². The number of anilines is 1. The quantitative estimate of drug-likeness (QED) is 0.607. The molecule has 6 heteroatoms. The summed E-state index contributed by atoms with van der Waals surface area (Å²) in [5, 5.41) is 14.6. The van der Waals surface area contributed by atoms with Crippen molar-refractivity contribution in [3.05, 3.63) is 67.6 Å². The lowest BCUT2D eigenvalue weighted by Crippen LogP contribution is -2.09. The van der Waals surface area contributed by atoms with Crippen LogP contribution in [0.4, 0.5) is 11.4 Å². The minimum atomic E-state index is -0.425. The van der Waals surface area contributed by atoms with Gasteiger partial charge in [0.1, 0.15) is 5.69 Å². The Morgan fingerprint density at radius 3 is 2.65 bits per heavy atom. The van der Waals surface area contributed by atoms with Gasteiger partial charge in [0.15, 0.2) is 0 Å². The van der Waals surface area contributed by atoms with Gasteiger partial charge in [-0.25, -0.2) is 0 Å². The van der Waals surface area contributed by atoms with E-state index in [1.54, 1.807) is 6.07 Å². The minimum Gasteiger partial charge on any atom is -0.373 e. The maximum absolute atomic E-state index is 11.0. The van der Waals surface area contributed by atoms with E-state index in [1.165, 1.54) is 12.1 Å². The number of halogens is 2. The molecular formula is C14H12BrClN2O2. The molecule has 0 saturated heterocycles. The lowest BCUT2D eigenvalue weighted by atomic mass is 10.1. The number of hydrogen-bond acceptors (Lipinski definition) is 3. The van der Waals surface area contributed by atoms with E-state index < -0.39 is 4.92 Å². The van der Waals surface area contributed by atoms with Gasteiger partial charge >= 0.3 is 0 Å². The molecule has 0 fully saturated rings. The van der Waals surface area contributed by atoms with Crippen LogP contribution in [0.1, 0.15) is 18.5 Å². The van der Waals surface area contributed by atoms with E-state index in [-0.39, 0.29) is 11.7 Å². The molecule has 0 saturated carbocycles. The summed E-state index contributed by atoms with van der Waals surface area (Å²) in [5.41, 5.74) is 1.43. The Labute approximate surface area is 130 Å². The van der Waals surface area contributed by atoms with Crippen LogP contribution in [0, 0.1) is 10.1 Å². The highest BCUT2D eigenvalue weighted by Gasteiger charge is 2.17. The summed E-state index contributed by atoms with van der Waals surface area (Å²) in [4.78, 5) is 10.6. The molecule has 1 unspecified atom stereocenters. The summed E-state index contributed by atoms with van der Waals surface area (Å²) in [6.07, 6.45) is 0. The van der Waals surface area contributed by atoms with Gasteiger partial charge in [-0.2, -0.15) is 0 Å². The highest BCUT2D eigenvalue weighted by atomic mass is 79.9. The van der Waals surface area contributed by atoms with Crippen molar-refractivity contribution in [1.82, 2.24) is 0 Å². The number of nitro groups is 1. The number of hydrogen-bond donors (Lipinski definition) is 1. The lowest BCUT2D eigenvalue weighted by molar-refractivity contribution is -0.384. The number of nitro benzene ring substituents is 1. The number of rotatable bonds is 4. The van der Waals surface area contributed by atoms with Crippen molar-refractivity contribution < 1.29 is 4.92 Å². The van der Waals surface area contributed by atoms with Crippen LogP contribution in [0.2, 0.25) is 5.02 Å². The highest BCUT2D eigenvalue weighted by molar-refractivity contribution is 9.10. The molecule has 2 aromatic rings. The van der Waals surface area contributed by atoms with Crippen molar-refractivity contribution in [2.24, 2.45) is 0 Å². The van der Waals surface area contributed by atoms with E-state index in [9.17, 15) is 10.1 Å². The maximum Gasteiger partial charge on any atom is 0.292 e. The van der Waals surface area contributed by atoms with Gasteiger partial charge in [0.25, 0.3) is 5.69 Å². The topological polar surface area (TPSA) is 55.2 Å². The van der Waals surface area contributed by atoms with Gasteiger partial charge in [-0.05, 0) is 30.7 Å². The van der Waals surface area contributed by atoms with Gasteiger partial charge in [0.2, 0.25) is 0 Å². The van der Waals surface area contributed by atoms with Crippen LogP contribution >= 0.6 is 27.5 Å². The predicted molar refractivity (Wildman–Crippen MR) is 84.3 cm³/mol. The Kier molecular flexibility index (Phi) is 4.62. The van der Waals surface area contributed by atoms with E-state index in [4.69, 9.17) is 11.6 Å². The Hall–Kier alpha value is -1.59. The van der Waals surface area contributed by atoms with Crippen molar-refractivity contribution in [3.8, 4) is 0 Å². The average Bonchev–Trinajstić information content (AvgIpc) is 2.38. The summed E-state index contributed by atoms with van der Waals surface area (Å²) in [6.45, 7) is 1.94. The second-order valence-corrected chi connectivity index (χ2v) is 5.60. The van der Waals surface area contributed by atoms with Gasteiger partial charge < -0.3 is 5.32 Å². The van der Waals surface area contributed by atoms with Gasteiger partial charge in [-0.3, -0.25) is 10.1 Å². The summed E-state index contributed by atoms with van der Waals surface area (Å²) >= 11 is 9.38. The fourth-order valence-corrected chi connectivity index (χ4v) is 2.72. The van der Waals surface area contributed by atoms with Crippen LogP contribution in [-0.2, 0) is 0 Å². The molecule has 0 aliphatic heterocycles. The van der Waals surface area contributed by atoms with E-state index in [2.05, 4.69) is 21.2 Å². The molecule has 0 aliphatic carbocycles. The van der Waals surface area contributed by atoms with Gasteiger partial charge in [0.05, 0.1) is 4.92 Å². The van der Waals surface area contributed by atoms with Crippen molar-refractivity contribution in [1.29, 1.82) is 0 Å². The Bertz CT molecular complexity index is 649. The first-order valence-corrected chi connectivity index (χ1v) is 7.11. The molecule has 2 rings (SSSR count). The lowest BCUT2D eigenvalue weighted by Gasteiger charge is -2.17. The first-order chi connectivity index (χ1) is 9.49. The molecular weight excluding hydrogens is 344 g/mol. The molecule has 1 atom stereocenters. The molecule has 0 aliphatic rings. The number of benzene rings is 2. The predicted octanol–water partition coefficient (Wildman–Crippen LogP) is 5.18. The fourth-order valence-electron chi connectivity index (χ4n) is 1.92. The first-order valence-electron chi connectivity index (χ1n) is 5.94. The molecule has 0 heterocycles. The van der Waals surface area contributed by atoms with Gasteiger partial charge in [-0.1, -0.05) is 45.7 Å². The second kappa shape index (κ2) is 6.24. The molecule has 0 bridgehead atoms. The van der Waals surface area contributed by atoms with Crippen molar-refractivity contribution in [2.45, 2.75) is 13.0 Å². The largest absolute Gasteiger partial charge is 0.373 e. The molecule has 2 aromatic carbocycles. The smallest absolute Gasteiger partial charge is 0.292 e. The third-order valence-electron chi connectivity index (χ3n) is 2.90. The van der Waals surface area contributed by atoms with Crippen LogP contribution in [0.25, 0.3) is 0 Å². The molecule has 0 spiro atoms.